The van der Waals surface area contributed by atoms with Crippen molar-refractivity contribution < 1.29 is 0 Å². The molecule has 2 heterocycles. The summed E-state index contributed by atoms with van der Waals surface area (Å²) in [6.45, 7) is 1.78. The van der Waals surface area contributed by atoms with Crippen LogP contribution in [-0.2, 0) is 6.54 Å². The minimum Gasteiger partial charge on any atom is -0.308 e. The average Bonchev–Trinajstić information content (AvgIpc) is 2.75. The van der Waals surface area contributed by atoms with E-state index in [9.17, 15) is 0 Å². The monoisotopic (exact) mass is 295 g/mol. The minimum absolute atomic E-state index is 0.835. The summed E-state index contributed by atoms with van der Waals surface area (Å²) in [7, 11) is 4.08. The molecular weight excluding hydrogens is 282 g/mol. The van der Waals surface area contributed by atoms with Crippen LogP contribution >= 0.6 is 15.9 Å². The summed E-state index contributed by atoms with van der Waals surface area (Å²) in [4.78, 5) is 6.23. The Labute approximate surface area is 109 Å². The zero-order chi connectivity index (χ0) is 12.3. The molecule has 0 saturated carbocycles. The molecule has 0 unspecified atom stereocenters. The van der Waals surface area contributed by atoms with Crippen LogP contribution in [0.15, 0.2) is 29.1 Å². The third-order valence-corrected chi connectivity index (χ3v) is 2.75. The standard InChI is InChI=1S/C11H14BrN5/c1-16(2)3-4-17-8-11(14-15-17)9-5-10(12)7-13-6-9/h5-8H,3-4H2,1-2H3. The first-order valence-corrected chi connectivity index (χ1v) is 6.10. The van der Waals surface area contributed by atoms with E-state index in [0.717, 1.165) is 28.8 Å². The lowest BCUT2D eigenvalue weighted by Crippen LogP contribution is -2.18. The molecule has 0 aromatic carbocycles. The topological polar surface area (TPSA) is 46.8 Å². The fourth-order valence-corrected chi connectivity index (χ4v) is 1.76. The van der Waals surface area contributed by atoms with Crippen molar-refractivity contribution in [2.45, 2.75) is 6.54 Å². The SMILES string of the molecule is CN(C)CCn1cc(-c2cncc(Br)c2)nn1. The average molecular weight is 296 g/mol. The van der Waals surface area contributed by atoms with E-state index in [-0.39, 0.29) is 0 Å². The molecule has 2 aromatic heterocycles. The van der Waals surface area contributed by atoms with Gasteiger partial charge in [0.05, 0.1) is 12.7 Å². The van der Waals surface area contributed by atoms with Crippen LogP contribution in [0.5, 0.6) is 0 Å². The summed E-state index contributed by atoms with van der Waals surface area (Å²) >= 11 is 3.39. The predicted octanol–water partition coefficient (Wildman–Crippen LogP) is 1.66. The molecule has 0 aliphatic carbocycles. The van der Waals surface area contributed by atoms with E-state index in [2.05, 4.69) is 36.1 Å². The molecule has 6 heteroatoms. The number of rotatable bonds is 4. The van der Waals surface area contributed by atoms with Crippen LogP contribution in [0.1, 0.15) is 0 Å². The highest BCUT2D eigenvalue weighted by Gasteiger charge is 2.04. The molecule has 17 heavy (non-hydrogen) atoms. The second-order valence-electron chi connectivity index (χ2n) is 4.06. The Hall–Kier alpha value is -1.27. The van der Waals surface area contributed by atoms with Gasteiger partial charge in [-0.2, -0.15) is 0 Å². The molecule has 2 rings (SSSR count). The fraction of sp³-hybridized carbons (Fsp3) is 0.364. The summed E-state index contributed by atoms with van der Waals surface area (Å²) < 4.78 is 2.79. The van der Waals surface area contributed by atoms with Crippen molar-refractivity contribution in [3.63, 3.8) is 0 Å². The second kappa shape index (κ2) is 5.37. The molecule has 0 atom stereocenters. The molecule has 0 spiro atoms. The maximum atomic E-state index is 4.14. The lowest BCUT2D eigenvalue weighted by atomic mass is 10.2. The maximum absolute atomic E-state index is 4.14. The Morgan fingerprint density at radius 2 is 2.18 bits per heavy atom. The van der Waals surface area contributed by atoms with Gasteiger partial charge in [0.25, 0.3) is 0 Å². The number of likely N-dealkylation sites (N-methyl/N-ethyl adjacent to an activating group) is 1. The number of aromatic nitrogens is 4. The minimum atomic E-state index is 0.835. The second-order valence-corrected chi connectivity index (χ2v) is 4.98. The Morgan fingerprint density at radius 3 is 2.88 bits per heavy atom. The van der Waals surface area contributed by atoms with Gasteiger partial charge in [-0.25, -0.2) is 0 Å². The van der Waals surface area contributed by atoms with Crippen molar-refractivity contribution in [1.29, 1.82) is 0 Å². The van der Waals surface area contributed by atoms with Gasteiger partial charge in [0.15, 0.2) is 0 Å². The van der Waals surface area contributed by atoms with Gasteiger partial charge in [0.1, 0.15) is 5.69 Å². The van der Waals surface area contributed by atoms with Gasteiger partial charge >= 0.3 is 0 Å². The maximum Gasteiger partial charge on any atom is 0.114 e. The van der Waals surface area contributed by atoms with Crippen LogP contribution in [0.4, 0.5) is 0 Å². The molecule has 0 amide bonds. The van der Waals surface area contributed by atoms with Crippen molar-refractivity contribution in [3.05, 3.63) is 29.1 Å². The number of hydrogen-bond donors (Lipinski definition) is 0. The Kier molecular flexibility index (Phi) is 3.86. The Bertz CT molecular complexity index is 494. The molecule has 0 fully saturated rings. The molecule has 90 valence electrons. The number of halogens is 1. The van der Waals surface area contributed by atoms with Crippen molar-refractivity contribution >= 4 is 15.9 Å². The first-order valence-electron chi connectivity index (χ1n) is 5.31. The highest BCUT2D eigenvalue weighted by molar-refractivity contribution is 9.10. The molecule has 0 saturated heterocycles. The van der Waals surface area contributed by atoms with Crippen molar-refractivity contribution in [3.8, 4) is 11.3 Å². The largest absolute Gasteiger partial charge is 0.308 e. The van der Waals surface area contributed by atoms with Gasteiger partial charge in [-0.1, -0.05) is 5.21 Å². The third kappa shape index (κ3) is 3.34. The predicted molar refractivity (Wildman–Crippen MR) is 69.5 cm³/mol. The van der Waals surface area contributed by atoms with Gasteiger partial charge in [-0.3, -0.25) is 9.67 Å². The lowest BCUT2D eigenvalue weighted by molar-refractivity contribution is 0.370. The fourth-order valence-electron chi connectivity index (χ4n) is 1.39. The van der Waals surface area contributed by atoms with E-state index in [1.165, 1.54) is 0 Å². The van der Waals surface area contributed by atoms with Crippen LogP contribution in [0, 0.1) is 0 Å². The van der Waals surface area contributed by atoms with Gasteiger partial charge in [0.2, 0.25) is 0 Å². The van der Waals surface area contributed by atoms with E-state index < -0.39 is 0 Å². The normalized spacial score (nSPS) is 11.1. The third-order valence-electron chi connectivity index (χ3n) is 2.32. The first kappa shape index (κ1) is 12.2. The molecule has 2 aromatic rings. The molecule has 0 bridgehead atoms. The van der Waals surface area contributed by atoms with E-state index in [1.54, 1.807) is 12.4 Å². The van der Waals surface area contributed by atoms with Gasteiger partial charge < -0.3 is 4.90 Å². The number of pyridine rings is 1. The summed E-state index contributed by atoms with van der Waals surface area (Å²) in [5.74, 6) is 0. The molecule has 0 radical (unpaired) electrons. The quantitative estimate of drug-likeness (QED) is 0.861. The van der Waals surface area contributed by atoms with Crippen LogP contribution in [-0.4, -0.2) is 45.5 Å². The zero-order valence-electron chi connectivity index (χ0n) is 9.84. The van der Waals surface area contributed by atoms with E-state index in [1.807, 2.05) is 31.0 Å². The van der Waals surface area contributed by atoms with E-state index in [0.29, 0.717) is 0 Å². The van der Waals surface area contributed by atoms with Gasteiger partial charge in [-0.15, -0.1) is 5.10 Å². The lowest BCUT2D eigenvalue weighted by Gasteiger charge is -2.07. The van der Waals surface area contributed by atoms with Gasteiger partial charge in [-0.05, 0) is 36.1 Å². The van der Waals surface area contributed by atoms with Crippen LogP contribution < -0.4 is 0 Å². The first-order chi connectivity index (χ1) is 8.15. The Morgan fingerprint density at radius 1 is 1.35 bits per heavy atom. The number of nitrogens with zero attached hydrogens (tertiary/aromatic N) is 5. The molecule has 0 aliphatic heterocycles. The smallest absolute Gasteiger partial charge is 0.114 e. The summed E-state index contributed by atoms with van der Waals surface area (Å²) in [6, 6.07) is 1.98. The van der Waals surface area contributed by atoms with Crippen LogP contribution in [0.2, 0.25) is 0 Å². The Balaban J connectivity index is 2.12. The van der Waals surface area contributed by atoms with Crippen LogP contribution in [0.3, 0.4) is 0 Å². The summed E-state index contributed by atoms with van der Waals surface area (Å²) in [6.07, 6.45) is 5.47. The van der Waals surface area contributed by atoms with Gasteiger partial charge in [0, 0.05) is 29.0 Å². The van der Waals surface area contributed by atoms with E-state index >= 15 is 0 Å². The molecule has 0 N–H and O–H groups in total. The molecule has 5 nitrogen and oxygen atoms in total. The molecule has 0 aliphatic rings. The summed E-state index contributed by atoms with van der Waals surface area (Å²) in [5, 5.41) is 8.23. The van der Waals surface area contributed by atoms with Crippen molar-refractivity contribution in [1.82, 2.24) is 24.9 Å². The highest BCUT2D eigenvalue weighted by atomic mass is 79.9. The summed E-state index contributed by atoms with van der Waals surface area (Å²) in [5.41, 5.74) is 1.81. The zero-order valence-corrected chi connectivity index (χ0v) is 11.4. The number of hydrogen-bond acceptors (Lipinski definition) is 4. The van der Waals surface area contributed by atoms with Crippen molar-refractivity contribution in [2.24, 2.45) is 0 Å². The van der Waals surface area contributed by atoms with E-state index in [4.69, 9.17) is 0 Å². The highest BCUT2D eigenvalue weighted by Crippen LogP contribution is 2.18. The molecular formula is C11H14BrN5. The van der Waals surface area contributed by atoms with Crippen LogP contribution in [0.25, 0.3) is 11.3 Å². The van der Waals surface area contributed by atoms with Crippen molar-refractivity contribution in [2.75, 3.05) is 20.6 Å².